The van der Waals surface area contributed by atoms with Gasteiger partial charge in [-0.05, 0) is 19.9 Å². The van der Waals surface area contributed by atoms with E-state index in [9.17, 15) is 4.79 Å². The molecule has 0 fully saturated rings. The van der Waals surface area contributed by atoms with Crippen LogP contribution < -0.4 is 10.6 Å². The molecular weight excluding hydrogens is 182 g/mol. The molecule has 0 aromatic rings. The Labute approximate surface area is 85.5 Å². The molecule has 2 amide bonds. The second kappa shape index (κ2) is 7.58. The molecule has 0 aromatic carbocycles. The average molecular weight is 203 g/mol. The van der Waals surface area contributed by atoms with E-state index < -0.39 is 0 Å². The van der Waals surface area contributed by atoms with Crippen LogP contribution in [0.4, 0.5) is 4.79 Å². The zero-order chi connectivity index (χ0) is 11.0. The molecule has 0 aliphatic heterocycles. The summed E-state index contributed by atoms with van der Waals surface area (Å²) in [5.74, 6) is 0. The van der Waals surface area contributed by atoms with Crippen molar-refractivity contribution in [1.29, 1.82) is 0 Å². The molecule has 0 rings (SSSR count). The van der Waals surface area contributed by atoms with Crippen LogP contribution in [0.3, 0.4) is 0 Å². The highest BCUT2D eigenvalue weighted by Gasteiger charge is 2.00. The third kappa shape index (κ3) is 7.82. The van der Waals surface area contributed by atoms with Crippen molar-refractivity contribution in [1.82, 2.24) is 15.5 Å². The second-order valence-electron chi connectivity index (χ2n) is 3.51. The minimum absolute atomic E-state index is 0.0812. The Morgan fingerprint density at radius 3 is 2.50 bits per heavy atom. The van der Waals surface area contributed by atoms with Crippen LogP contribution in [0, 0.1) is 0 Å². The van der Waals surface area contributed by atoms with Crippen LogP contribution in [0.1, 0.15) is 13.3 Å². The molecule has 3 N–H and O–H groups in total. The van der Waals surface area contributed by atoms with Crippen molar-refractivity contribution in [3.05, 3.63) is 0 Å². The summed E-state index contributed by atoms with van der Waals surface area (Å²) < 4.78 is 0. The van der Waals surface area contributed by atoms with Crippen molar-refractivity contribution in [2.24, 2.45) is 0 Å². The maximum Gasteiger partial charge on any atom is 0.316 e. The highest BCUT2D eigenvalue weighted by molar-refractivity contribution is 5.73. The first-order valence-corrected chi connectivity index (χ1v) is 4.88. The summed E-state index contributed by atoms with van der Waals surface area (Å²) in [4.78, 5) is 12.5. The second-order valence-corrected chi connectivity index (χ2v) is 3.51. The van der Waals surface area contributed by atoms with E-state index in [0.717, 1.165) is 19.5 Å². The first-order valence-electron chi connectivity index (χ1n) is 4.88. The number of aliphatic hydroxyl groups excluding tert-OH is 1. The van der Waals surface area contributed by atoms with Crippen molar-refractivity contribution in [3.63, 3.8) is 0 Å². The smallest absolute Gasteiger partial charge is 0.316 e. The van der Waals surface area contributed by atoms with E-state index in [1.807, 2.05) is 0 Å². The molecule has 0 heterocycles. The predicted octanol–water partition coefficient (Wildman–Crippen LogP) is -0.382. The van der Waals surface area contributed by atoms with Gasteiger partial charge in [0.05, 0.1) is 6.10 Å². The van der Waals surface area contributed by atoms with Gasteiger partial charge in [0.15, 0.2) is 0 Å². The van der Waals surface area contributed by atoms with Gasteiger partial charge in [0.1, 0.15) is 0 Å². The van der Waals surface area contributed by atoms with Crippen LogP contribution >= 0.6 is 0 Å². The number of rotatable bonds is 6. The van der Waals surface area contributed by atoms with Gasteiger partial charge in [-0.15, -0.1) is 0 Å². The summed E-state index contributed by atoms with van der Waals surface area (Å²) in [5.41, 5.74) is 0. The summed E-state index contributed by atoms with van der Waals surface area (Å²) in [6, 6.07) is -0.0812. The fourth-order valence-corrected chi connectivity index (χ4v) is 0.852. The molecule has 1 atom stereocenters. The van der Waals surface area contributed by atoms with Crippen molar-refractivity contribution in [2.75, 3.05) is 33.7 Å². The summed E-state index contributed by atoms with van der Waals surface area (Å²) in [5, 5.41) is 14.8. The lowest BCUT2D eigenvalue weighted by Crippen LogP contribution is -2.38. The number of hydrogen-bond donors (Lipinski definition) is 3. The molecule has 5 nitrogen and oxygen atoms in total. The van der Waals surface area contributed by atoms with E-state index in [1.54, 1.807) is 21.0 Å². The molecule has 0 aromatic heterocycles. The van der Waals surface area contributed by atoms with Crippen LogP contribution in [0.5, 0.6) is 0 Å². The average Bonchev–Trinajstić information content (AvgIpc) is 2.09. The molecule has 0 saturated heterocycles. The Morgan fingerprint density at radius 1 is 1.36 bits per heavy atom. The van der Waals surface area contributed by atoms with Crippen molar-refractivity contribution >= 4 is 6.03 Å². The zero-order valence-corrected chi connectivity index (χ0v) is 9.21. The minimum atomic E-state index is -0.265. The summed E-state index contributed by atoms with van der Waals surface area (Å²) in [6.07, 6.45) is 0.473. The zero-order valence-electron chi connectivity index (χ0n) is 9.21. The van der Waals surface area contributed by atoms with Gasteiger partial charge < -0.3 is 20.6 Å². The van der Waals surface area contributed by atoms with Gasteiger partial charge in [-0.25, -0.2) is 4.79 Å². The van der Waals surface area contributed by atoms with E-state index >= 15 is 0 Å². The predicted molar refractivity (Wildman–Crippen MR) is 56.3 cm³/mol. The summed E-state index contributed by atoms with van der Waals surface area (Å²) in [6.45, 7) is 3.87. The Hall–Kier alpha value is -0.810. The molecule has 0 saturated carbocycles. The molecular formula is C9H21N3O2. The number of carbonyl (C=O) groups excluding carboxylic acids is 1. The van der Waals surface area contributed by atoms with Crippen molar-refractivity contribution in [2.45, 2.75) is 19.4 Å². The summed E-state index contributed by atoms with van der Waals surface area (Å²) in [7, 11) is 3.41. The molecule has 0 aliphatic carbocycles. The lowest BCUT2D eigenvalue weighted by atomic mass is 10.3. The highest BCUT2D eigenvalue weighted by atomic mass is 16.3. The van der Waals surface area contributed by atoms with Gasteiger partial charge in [0.2, 0.25) is 0 Å². The number of urea groups is 1. The lowest BCUT2D eigenvalue weighted by molar-refractivity contribution is 0.183. The van der Waals surface area contributed by atoms with Crippen LogP contribution in [0.25, 0.3) is 0 Å². The molecule has 0 bridgehead atoms. The van der Waals surface area contributed by atoms with Crippen molar-refractivity contribution in [3.8, 4) is 0 Å². The fraction of sp³-hybridized carbons (Fsp3) is 0.889. The molecule has 0 spiro atoms. The molecule has 0 aliphatic rings. The van der Waals surface area contributed by atoms with Gasteiger partial charge in [-0.1, -0.05) is 0 Å². The van der Waals surface area contributed by atoms with Crippen LogP contribution in [0.15, 0.2) is 0 Å². The quantitative estimate of drug-likeness (QED) is 0.516. The normalized spacial score (nSPS) is 12.3. The minimum Gasteiger partial charge on any atom is -0.393 e. The lowest BCUT2D eigenvalue weighted by Gasteiger charge is -2.12. The number of nitrogens with one attached hydrogen (secondary N) is 2. The standard InChI is InChI=1S/C9H21N3O2/c1-8(13)4-5-10-6-7-11-9(14)12(2)3/h8,10,13H,4-7H2,1-3H3,(H,11,14). The SMILES string of the molecule is CC(O)CCNCCNC(=O)N(C)C. The topological polar surface area (TPSA) is 64.6 Å². The maximum atomic E-state index is 11.0. The number of aliphatic hydroxyl groups is 1. The van der Waals surface area contributed by atoms with Crippen molar-refractivity contribution < 1.29 is 9.90 Å². The largest absolute Gasteiger partial charge is 0.393 e. The Bertz CT molecular complexity index is 160. The van der Waals surface area contributed by atoms with E-state index in [1.165, 1.54) is 4.90 Å². The van der Waals surface area contributed by atoms with E-state index in [0.29, 0.717) is 6.54 Å². The van der Waals surface area contributed by atoms with Gasteiger partial charge in [-0.2, -0.15) is 0 Å². The van der Waals surface area contributed by atoms with Gasteiger partial charge in [0.25, 0.3) is 0 Å². The Morgan fingerprint density at radius 2 is 2.00 bits per heavy atom. The Balaban J connectivity index is 3.18. The first kappa shape index (κ1) is 13.2. The monoisotopic (exact) mass is 203 g/mol. The van der Waals surface area contributed by atoms with Gasteiger partial charge in [-0.3, -0.25) is 0 Å². The number of nitrogens with zero attached hydrogens (tertiary/aromatic N) is 1. The van der Waals surface area contributed by atoms with E-state index in [2.05, 4.69) is 10.6 Å². The number of hydrogen-bond acceptors (Lipinski definition) is 3. The summed E-state index contributed by atoms with van der Waals surface area (Å²) >= 11 is 0. The molecule has 1 unspecified atom stereocenters. The fourth-order valence-electron chi connectivity index (χ4n) is 0.852. The molecule has 14 heavy (non-hydrogen) atoms. The third-order valence-corrected chi connectivity index (χ3v) is 1.72. The molecule has 0 radical (unpaired) electrons. The highest BCUT2D eigenvalue weighted by Crippen LogP contribution is 1.84. The number of amides is 2. The van der Waals surface area contributed by atoms with Crippen LogP contribution in [0.2, 0.25) is 0 Å². The maximum absolute atomic E-state index is 11.0. The third-order valence-electron chi connectivity index (χ3n) is 1.72. The number of carbonyl (C=O) groups is 1. The Kier molecular flexibility index (Phi) is 7.14. The van der Waals surface area contributed by atoms with Gasteiger partial charge in [0, 0.05) is 27.2 Å². The molecule has 5 heteroatoms. The van der Waals surface area contributed by atoms with E-state index in [4.69, 9.17) is 5.11 Å². The first-order chi connectivity index (χ1) is 6.54. The molecule has 84 valence electrons. The van der Waals surface area contributed by atoms with Crippen LogP contribution in [-0.4, -0.2) is 55.9 Å². The van der Waals surface area contributed by atoms with E-state index in [-0.39, 0.29) is 12.1 Å². The van der Waals surface area contributed by atoms with Crippen LogP contribution in [-0.2, 0) is 0 Å². The van der Waals surface area contributed by atoms with Gasteiger partial charge >= 0.3 is 6.03 Å².